The Hall–Kier alpha value is -1.02. The van der Waals surface area contributed by atoms with E-state index in [2.05, 4.69) is 20.1 Å². The van der Waals surface area contributed by atoms with Crippen LogP contribution >= 0.6 is 11.3 Å². The Morgan fingerprint density at radius 3 is 2.81 bits per heavy atom. The highest BCUT2D eigenvalue weighted by Gasteiger charge is 2.16. The van der Waals surface area contributed by atoms with Gasteiger partial charge in [0.1, 0.15) is 9.88 Å². The standard InChI is InChI=1S/C14H24N4O2S/c1-11-13(21-12(16-11)10-17(2)3)14(19)15-4-5-18-6-8-20-9-7-18/h4-10H2,1-3H3,(H,15,19). The number of aryl methyl sites for hydroxylation is 1. The number of nitrogens with zero attached hydrogens (tertiary/aromatic N) is 3. The quantitative estimate of drug-likeness (QED) is 0.832. The molecule has 1 aliphatic rings. The molecular weight excluding hydrogens is 288 g/mol. The summed E-state index contributed by atoms with van der Waals surface area (Å²) in [6, 6.07) is 0. The van der Waals surface area contributed by atoms with Crippen molar-refractivity contribution in [2.45, 2.75) is 13.5 Å². The van der Waals surface area contributed by atoms with Gasteiger partial charge in [0.15, 0.2) is 0 Å². The third-order valence-electron chi connectivity index (χ3n) is 3.32. The molecule has 2 rings (SSSR count). The van der Waals surface area contributed by atoms with Crippen molar-refractivity contribution in [3.05, 3.63) is 15.6 Å². The first-order chi connectivity index (χ1) is 10.1. The fourth-order valence-electron chi connectivity index (χ4n) is 2.23. The number of hydrogen-bond donors (Lipinski definition) is 1. The Kier molecular flexibility index (Phi) is 6.10. The van der Waals surface area contributed by atoms with Crippen LogP contribution in [-0.2, 0) is 11.3 Å². The monoisotopic (exact) mass is 312 g/mol. The van der Waals surface area contributed by atoms with Gasteiger partial charge in [-0.2, -0.15) is 0 Å². The third-order valence-corrected chi connectivity index (χ3v) is 4.46. The van der Waals surface area contributed by atoms with Crippen LogP contribution in [0.1, 0.15) is 20.4 Å². The Balaban J connectivity index is 1.81. The second kappa shape index (κ2) is 7.84. The molecule has 0 aromatic carbocycles. The maximum absolute atomic E-state index is 12.2. The molecule has 6 nitrogen and oxygen atoms in total. The number of carbonyl (C=O) groups is 1. The van der Waals surface area contributed by atoms with Crippen LogP contribution in [0, 0.1) is 6.92 Å². The van der Waals surface area contributed by atoms with Crippen molar-refractivity contribution in [3.8, 4) is 0 Å². The lowest BCUT2D eigenvalue weighted by atomic mass is 10.3. The number of morpholine rings is 1. The summed E-state index contributed by atoms with van der Waals surface area (Å²) < 4.78 is 5.31. The first-order valence-electron chi connectivity index (χ1n) is 7.25. The fraction of sp³-hybridized carbons (Fsp3) is 0.714. The molecule has 0 bridgehead atoms. The molecule has 0 atom stereocenters. The molecule has 1 N–H and O–H groups in total. The van der Waals surface area contributed by atoms with Crippen LogP contribution in [-0.4, -0.2) is 74.2 Å². The second-order valence-corrected chi connectivity index (χ2v) is 6.55. The minimum absolute atomic E-state index is 0.0109. The summed E-state index contributed by atoms with van der Waals surface area (Å²) >= 11 is 1.48. The molecule has 21 heavy (non-hydrogen) atoms. The molecule has 7 heteroatoms. The highest BCUT2D eigenvalue weighted by atomic mass is 32.1. The van der Waals surface area contributed by atoms with E-state index in [-0.39, 0.29) is 5.91 Å². The van der Waals surface area contributed by atoms with Crippen molar-refractivity contribution < 1.29 is 9.53 Å². The number of rotatable bonds is 6. The van der Waals surface area contributed by atoms with Crippen LogP contribution in [0.15, 0.2) is 0 Å². The highest BCUT2D eigenvalue weighted by molar-refractivity contribution is 7.13. The first-order valence-corrected chi connectivity index (χ1v) is 8.07. The topological polar surface area (TPSA) is 57.7 Å². The van der Waals surface area contributed by atoms with Crippen molar-refractivity contribution in [1.29, 1.82) is 0 Å². The van der Waals surface area contributed by atoms with Crippen molar-refractivity contribution >= 4 is 17.2 Å². The van der Waals surface area contributed by atoms with Gasteiger partial charge in [-0.3, -0.25) is 9.69 Å². The Labute approximate surface area is 130 Å². The van der Waals surface area contributed by atoms with Crippen molar-refractivity contribution in [3.63, 3.8) is 0 Å². The molecule has 1 aromatic heterocycles. The lowest BCUT2D eigenvalue weighted by Gasteiger charge is -2.26. The van der Waals surface area contributed by atoms with Crippen LogP contribution in [0.5, 0.6) is 0 Å². The molecule has 1 aliphatic heterocycles. The minimum Gasteiger partial charge on any atom is -0.379 e. The van der Waals surface area contributed by atoms with E-state index in [9.17, 15) is 4.79 Å². The molecule has 0 radical (unpaired) electrons. The molecule has 1 amide bonds. The van der Waals surface area contributed by atoms with Gasteiger partial charge < -0.3 is 15.0 Å². The zero-order chi connectivity index (χ0) is 15.2. The molecule has 118 valence electrons. The van der Waals surface area contributed by atoms with Crippen LogP contribution in [0.3, 0.4) is 0 Å². The van der Waals surface area contributed by atoms with E-state index in [0.29, 0.717) is 6.54 Å². The highest BCUT2D eigenvalue weighted by Crippen LogP contribution is 2.18. The fourth-order valence-corrected chi connectivity index (χ4v) is 3.33. The van der Waals surface area contributed by atoms with Gasteiger partial charge in [-0.05, 0) is 21.0 Å². The molecule has 2 heterocycles. The van der Waals surface area contributed by atoms with Gasteiger partial charge in [-0.15, -0.1) is 11.3 Å². The zero-order valence-electron chi connectivity index (χ0n) is 13.0. The van der Waals surface area contributed by atoms with Crippen molar-refractivity contribution in [2.24, 2.45) is 0 Å². The summed E-state index contributed by atoms with van der Waals surface area (Å²) in [5.41, 5.74) is 0.820. The number of nitrogens with one attached hydrogen (secondary N) is 1. The lowest BCUT2D eigenvalue weighted by Crippen LogP contribution is -2.41. The van der Waals surface area contributed by atoms with E-state index >= 15 is 0 Å². The number of ether oxygens (including phenoxy) is 1. The number of carbonyl (C=O) groups excluding carboxylic acids is 1. The van der Waals surface area contributed by atoms with E-state index in [1.54, 1.807) is 0 Å². The van der Waals surface area contributed by atoms with Gasteiger partial charge in [-0.1, -0.05) is 0 Å². The summed E-state index contributed by atoms with van der Waals surface area (Å²) in [4.78, 5) is 21.8. The van der Waals surface area contributed by atoms with Crippen LogP contribution in [0.4, 0.5) is 0 Å². The van der Waals surface area contributed by atoms with E-state index in [4.69, 9.17) is 4.74 Å². The van der Waals surface area contributed by atoms with Gasteiger partial charge in [0, 0.05) is 32.7 Å². The van der Waals surface area contributed by atoms with Gasteiger partial charge in [0.25, 0.3) is 5.91 Å². The SMILES string of the molecule is Cc1nc(CN(C)C)sc1C(=O)NCCN1CCOCC1. The predicted molar refractivity (Wildman–Crippen MR) is 83.8 cm³/mol. The lowest BCUT2D eigenvalue weighted by molar-refractivity contribution is 0.0383. The second-order valence-electron chi connectivity index (χ2n) is 5.47. The normalized spacial score (nSPS) is 16.4. The minimum atomic E-state index is -0.0109. The smallest absolute Gasteiger partial charge is 0.263 e. The number of hydrogen-bond acceptors (Lipinski definition) is 6. The van der Waals surface area contributed by atoms with Gasteiger partial charge in [0.05, 0.1) is 18.9 Å². The van der Waals surface area contributed by atoms with E-state index < -0.39 is 0 Å². The maximum atomic E-state index is 12.2. The van der Waals surface area contributed by atoms with E-state index in [0.717, 1.165) is 55.0 Å². The van der Waals surface area contributed by atoms with Gasteiger partial charge in [-0.25, -0.2) is 4.98 Å². The Bertz CT molecular complexity index is 470. The first kappa shape index (κ1) is 16.4. The summed E-state index contributed by atoms with van der Waals surface area (Å²) in [5, 5.41) is 3.97. The van der Waals surface area contributed by atoms with Crippen molar-refractivity contribution in [2.75, 3.05) is 53.5 Å². The van der Waals surface area contributed by atoms with E-state index in [1.807, 2.05) is 21.0 Å². The van der Waals surface area contributed by atoms with Crippen LogP contribution in [0.2, 0.25) is 0 Å². The number of aromatic nitrogens is 1. The van der Waals surface area contributed by atoms with Gasteiger partial charge >= 0.3 is 0 Å². The molecular formula is C14H24N4O2S. The summed E-state index contributed by atoms with van der Waals surface area (Å²) in [7, 11) is 4.00. The molecule has 1 saturated heterocycles. The molecule has 1 aromatic rings. The Morgan fingerprint density at radius 2 is 2.14 bits per heavy atom. The Morgan fingerprint density at radius 1 is 1.43 bits per heavy atom. The van der Waals surface area contributed by atoms with Gasteiger partial charge in [0.2, 0.25) is 0 Å². The summed E-state index contributed by atoms with van der Waals surface area (Å²) in [6.45, 7) is 7.67. The molecule has 0 aliphatic carbocycles. The number of amides is 1. The molecule has 1 fully saturated rings. The largest absolute Gasteiger partial charge is 0.379 e. The predicted octanol–water partition coefficient (Wildman–Crippen LogP) is 0.575. The van der Waals surface area contributed by atoms with Crippen LogP contribution < -0.4 is 5.32 Å². The molecule has 0 unspecified atom stereocenters. The number of thiazole rings is 1. The van der Waals surface area contributed by atoms with Crippen LogP contribution in [0.25, 0.3) is 0 Å². The average Bonchev–Trinajstić information content (AvgIpc) is 2.80. The average molecular weight is 312 g/mol. The van der Waals surface area contributed by atoms with E-state index in [1.165, 1.54) is 11.3 Å². The molecule has 0 spiro atoms. The summed E-state index contributed by atoms with van der Waals surface area (Å²) in [5.74, 6) is -0.0109. The zero-order valence-corrected chi connectivity index (χ0v) is 13.8. The third kappa shape index (κ3) is 5.03. The molecule has 0 saturated carbocycles. The summed E-state index contributed by atoms with van der Waals surface area (Å²) in [6.07, 6.45) is 0. The van der Waals surface area contributed by atoms with Crippen molar-refractivity contribution in [1.82, 2.24) is 20.1 Å². The maximum Gasteiger partial charge on any atom is 0.263 e.